The van der Waals surface area contributed by atoms with E-state index >= 15 is 0 Å². The van der Waals surface area contributed by atoms with Crippen molar-refractivity contribution in [3.05, 3.63) is 24.3 Å². The zero-order chi connectivity index (χ0) is 45.1. The maximum Gasteiger partial charge on any atom is 0.187 e. The van der Waals surface area contributed by atoms with Crippen LogP contribution >= 0.6 is 0 Å². The summed E-state index contributed by atoms with van der Waals surface area (Å²) in [6.07, 6.45) is -19.4. The van der Waals surface area contributed by atoms with Crippen LogP contribution in [0.15, 0.2) is 24.3 Å². The third-order valence-corrected chi connectivity index (χ3v) is 15.3. The van der Waals surface area contributed by atoms with Gasteiger partial charge in [-0.3, -0.25) is 0 Å². The molecule has 4 heterocycles. The first-order valence-electron chi connectivity index (χ1n) is 21.8. The number of allylic oxidation sites excluding steroid dienone is 1. The Morgan fingerprint density at radius 1 is 0.705 bits per heavy atom. The van der Waals surface area contributed by atoms with Gasteiger partial charge in [0.25, 0.3) is 0 Å². The quantitative estimate of drug-likeness (QED) is 0.111. The Morgan fingerprint density at radius 2 is 1.25 bits per heavy atom. The van der Waals surface area contributed by atoms with Crippen LogP contribution in [0.5, 0.6) is 0 Å². The second-order valence-electron chi connectivity index (χ2n) is 19.2. The zero-order valence-electron chi connectivity index (χ0n) is 36.5. The largest absolute Gasteiger partial charge is 0.388 e. The lowest BCUT2D eigenvalue weighted by atomic mass is 9.45. The molecule has 6 aliphatic rings. The molecule has 0 radical (unpaired) electrons. The zero-order valence-corrected chi connectivity index (χ0v) is 36.5. The second kappa shape index (κ2) is 18.9. The van der Waals surface area contributed by atoms with E-state index in [4.69, 9.17) is 37.9 Å². The molecule has 0 amide bonds. The molecule has 1 saturated carbocycles. The molecule has 4 aliphatic heterocycles. The highest BCUT2D eigenvalue weighted by atomic mass is 16.8. The number of hydrogen-bond donors (Lipinski definition) is 10. The van der Waals surface area contributed by atoms with Gasteiger partial charge in [0.2, 0.25) is 0 Å². The molecule has 0 aromatic heterocycles. The van der Waals surface area contributed by atoms with E-state index in [0.29, 0.717) is 19.3 Å². The van der Waals surface area contributed by atoms with Crippen LogP contribution in [-0.4, -0.2) is 186 Å². The topological polar surface area (TPSA) is 276 Å². The second-order valence-corrected chi connectivity index (χ2v) is 19.2. The summed E-state index contributed by atoms with van der Waals surface area (Å²) in [5.74, 6) is 0.0949. The Morgan fingerprint density at radius 3 is 1.82 bits per heavy atom. The van der Waals surface area contributed by atoms with Gasteiger partial charge in [-0.05, 0) is 84.0 Å². The first-order valence-corrected chi connectivity index (χ1v) is 21.8. The Bertz CT molecular complexity index is 1520. The summed E-state index contributed by atoms with van der Waals surface area (Å²) in [6, 6.07) is 0. The van der Waals surface area contributed by atoms with Crippen molar-refractivity contribution >= 4 is 0 Å². The molecule has 0 aromatic carbocycles. The van der Waals surface area contributed by atoms with Crippen LogP contribution in [0.3, 0.4) is 0 Å². The third kappa shape index (κ3) is 9.29. The molecular weight excluding hydrogens is 804 g/mol. The molecular formula is C43H72O18. The Labute approximate surface area is 358 Å². The Hall–Kier alpha value is -1.24. The number of fused-ring (bicyclic) bond motifs is 1. The first kappa shape index (κ1) is 49.2. The smallest absolute Gasteiger partial charge is 0.187 e. The predicted octanol–water partition coefficient (Wildman–Crippen LogP) is -0.508. The molecule has 0 spiro atoms. The van der Waals surface area contributed by atoms with Crippen molar-refractivity contribution in [2.24, 2.45) is 22.7 Å². The average molecular weight is 877 g/mol. The number of ether oxygens (including phenoxy) is 8. The lowest BCUT2D eigenvalue weighted by molar-refractivity contribution is -0.390. The first-order chi connectivity index (χ1) is 28.5. The van der Waals surface area contributed by atoms with Gasteiger partial charge < -0.3 is 89.0 Å². The van der Waals surface area contributed by atoms with E-state index in [-0.39, 0.29) is 23.9 Å². The van der Waals surface area contributed by atoms with Gasteiger partial charge in [-0.1, -0.05) is 38.5 Å². The Balaban J connectivity index is 1.26. The van der Waals surface area contributed by atoms with Gasteiger partial charge >= 0.3 is 0 Å². The minimum Gasteiger partial charge on any atom is -0.388 e. The monoisotopic (exact) mass is 876 g/mol. The molecule has 25 atom stereocenters. The summed E-state index contributed by atoms with van der Waals surface area (Å²) in [5.41, 5.74) is -0.726. The van der Waals surface area contributed by atoms with Crippen molar-refractivity contribution in [3.63, 3.8) is 0 Å². The van der Waals surface area contributed by atoms with Crippen LogP contribution in [-0.2, 0) is 37.9 Å². The molecule has 10 N–H and O–H groups in total. The minimum absolute atomic E-state index is 0.0418. The molecule has 0 bridgehead atoms. The molecule has 352 valence electrons. The van der Waals surface area contributed by atoms with E-state index < -0.39 is 134 Å². The van der Waals surface area contributed by atoms with E-state index in [9.17, 15) is 51.1 Å². The van der Waals surface area contributed by atoms with E-state index in [2.05, 4.69) is 40.3 Å². The number of rotatable bonds is 12. The minimum atomic E-state index is -1.73. The van der Waals surface area contributed by atoms with Crippen LogP contribution in [0.25, 0.3) is 0 Å². The van der Waals surface area contributed by atoms with E-state index in [1.165, 1.54) is 13.8 Å². The van der Waals surface area contributed by atoms with Crippen LogP contribution in [0, 0.1) is 22.7 Å². The molecule has 2 aliphatic carbocycles. The maximum absolute atomic E-state index is 12.1. The van der Waals surface area contributed by atoms with Crippen molar-refractivity contribution in [2.45, 2.75) is 216 Å². The normalized spacial score (nSPS) is 53.0. The fraction of sp³-hybridized carbons (Fsp3) is 0.907. The van der Waals surface area contributed by atoms with Crippen LogP contribution in [0.4, 0.5) is 0 Å². The highest BCUT2D eigenvalue weighted by molar-refractivity contribution is 5.24. The summed E-state index contributed by atoms with van der Waals surface area (Å²) in [4.78, 5) is 0. The standard InChI is InChI=1S/C43H72O18/c1-10-41(7,61-37-31(50)28(47)23(44)17-54-37)14-15-42(8)19(3)16-25(43(9)18(2)12-11-13-24(42)43)58-40-36(60-39-33(52)30(49)27(46)21(5)56-39)34(53)35(22(6)57-40)59-38-32(51)29(48)26(45)20(4)55-38/h10,12,19-40,44-53H,1,11,13-17H2,2-9H3/t19-,20-,21-,22+,23+,24-,25+,26+,27+,28+,29+,30+,31-,32-,33-,34-,35+,36-,37+,38+,39+,40+,41-,42+,43+/m1/s1. The van der Waals surface area contributed by atoms with Crippen molar-refractivity contribution in [2.75, 3.05) is 6.61 Å². The van der Waals surface area contributed by atoms with Crippen molar-refractivity contribution in [1.29, 1.82) is 0 Å². The maximum atomic E-state index is 12.1. The van der Waals surface area contributed by atoms with Gasteiger partial charge in [0.15, 0.2) is 25.2 Å². The van der Waals surface area contributed by atoms with Crippen LogP contribution in [0.2, 0.25) is 0 Å². The van der Waals surface area contributed by atoms with E-state index in [1.54, 1.807) is 13.0 Å². The van der Waals surface area contributed by atoms with Gasteiger partial charge in [0, 0.05) is 5.41 Å². The van der Waals surface area contributed by atoms with Gasteiger partial charge in [0.1, 0.15) is 73.2 Å². The SMILES string of the molecule is C=C[C@](C)(CC[C@@]1(C)[C@H](C)C[C@H](O[C@@H]2O[C@@H](C)[C@H](O[C@@H]3O[C@H](C)[C@H](O)[C@H](O)[C@H]3O)[C@@H](O)[C@H]2O[C@@H]2O[C@H](C)[C@H](O)[C@H](O)[C@H]2O)[C@@]2(C)C(C)=CCC[C@H]12)O[C@@H]1OC[C@H](O)[C@H](O)[C@H]1O. The number of aliphatic hydroxyl groups excluding tert-OH is 10. The lowest BCUT2D eigenvalue weighted by Gasteiger charge is -2.62. The molecule has 5 fully saturated rings. The molecule has 4 saturated heterocycles. The molecule has 18 heteroatoms. The summed E-state index contributed by atoms with van der Waals surface area (Å²) >= 11 is 0. The summed E-state index contributed by atoms with van der Waals surface area (Å²) in [5, 5.41) is 107. The van der Waals surface area contributed by atoms with Gasteiger partial charge in [0.05, 0.1) is 36.6 Å². The van der Waals surface area contributed by atoms with Crippen LogP contribution < -0.4 is 0 Å². The van der Waals surface area contributed by atoms with Gasteiger partial charge in [-0.15, -0.1) is 6.58 Å². The average Bonchev–Trinajstić information content (AvgIpc) is 3.22. The highest BCUT2D eigenvalue weighted by Crippen LogP contribution is 2.63. The molecule has 18 nitrogen and oxygen atoms in total. The fourth-order valence-electron chi connectivity index (χ4n) is 10.6. The van der Waals surface area contributed by atoms with Crippen molar-refractivity contribution < 1.29 is 89.0 Å². The fourth-order valence-corrected chi connectivity index (χ4v) is 10.6. The predicted molar refractivity (Wildman–Crippen MR) is 213 cm³/mol. The number of hydrogen-bond acceptors (Lipinski definition) is 18. The van der Waals surface area contributed by atoms with Gasteiger partial charge in [-0.2, -0.15) is 0 Å². The third-order valence-electron chi connectivity index (χ3n) is 15.3. The number of aliphatic hydroxyl groups is 10. The van der Waals surface area contributed by atoms with Crippen molar-refractivity contribution in [1.82, 2.24) is 0 Å². The summed E-state index contributed by atoms with van der Waals surface area (Å²) in [6.45, 7) is 19.0. The van der Waals surface area contributed by atoms with Gasteiger partial charge in [-0.25, -0.2) is 0 Å². The molecule has 6 rings (SSSR count). The molecule has 0 unspecified atom stereocenters. The van der Waals surface area contributed by atoms with Crippen LogP contribution in [0.1, 0.15) is 87.5 Å². The lowest BCUT2D eigenvalue weighted by Crippen LogP contribution is -2.66. The molecule has 61 heavy (non-hydrogen) atoms. The summed E-state index contributed by atoms with van der Waals surface area (Å²) < 4.78 is 49.2. The Kier molecular flexibility index (Phi) is 15.3. The summed E-state index contributed by atoms with van der Waals surface area (Å²) in [7, 11) is 0. The highest BCUT2D eigenvalue weighted by Gasteiger charge is 2.61. The van der Waals surface area contributed by atoms with Crippen molar-refractivity contribution in [3.8, 4) is 0 Å². The van der Waals surface area contributed by atoms with E-state index in [0.717, 1.165) is 18.4 Å². The van der Waals surface area contributed by atoms with E-state index in [1.807, 2.05) is 6.92 Å². The molecule has 0 aromatic rings.